The summed E-state index contributed by atoms with van der Waals surface area (Å²) in [4.78, 5) is 22.5. The minimum absolute atomic E-state index is 0.0793. The number of benzene rings is 1. The Morgan fingerprint density at radius 2 is 2.00 bits per heavy atom. The van der Waals surface area contributed by atoms with E-state index in [-0.39, 0.29) is 17.7 Å². The zero-order valence-electron chi connectivity index (χ0n) is 12.1. The van der Waals surface area contributed by atoms with E-state index >= 15 is 0 Å². The molecule has 6 heteroatoms. The predicted molar refractivity (Wildman–Crippen MR) is 81.5 cm³/mol. The van der Waals surface area contributed by atoms with Gasteiger partial charge in [0.2, 0.25) is 5.95 Å². The number of aromatic nitrogens is 2. The number of anilines is 2. The van der Waals surface area contributed by atoms with Crippen molar-refractivity contribution in [1.29, 1.82) is 0 Å². The topological polar surface area (TPSA) is 58.1 Å². The van der Waals surface area contributed by atoms with E-state index in [1.165, 1.54) is 24.8 Å². The van der Waals surface area contributed by atoms with Crippen LogP contribution >= 0.6 is 0 Å². The van der Waals surface area contributed by atoms with Crippen molar-refractivity contribution < 1.29 is 9.18 Å². The van der Waals surface area contributed by atoms with Crippen LogP contribution < -0.4 is 5.32 Å². The van der Waals surface area contributed by atoms with E-state index in [0.29, 0.717) is 11.4 Å². The van der Waals surface area contributed by atoms with Gasteiger partial charge in [0, 0.05) is 25.0 Å². The second-order valence-electron chi connectivity index (χ2n) is 5.25. The fraction of sp³-hybridized carbons (Fsp3) is 0.312. The molecule has 0 spiro atoms. The highest BCUT2D eigenvalue weighted by atomic mass is 19.1. The Hall–Kier alpha value is -2.50. The van der Waals surface area contributed by atoms with Crippen LogP contribution in [0.5, 0.6) is 0 Å². The van der Waals surface area contributed by atoms with Crippen molar-refractivity contribution in [3.8, 4) is 0 Å². The number of hydrogen-bond donors (Lipinski definition) is 1. The van der Waals surface area contributed by atoms with Crippen LogP contribution in [0.2, 0.25) is 0 Å². The van der Waals surface area contributed by atoms with Crippen LogP contribution in [-0.2, 0) is 0 Å². The first-order valence-corrected chi connectivity index (χ1v) is 7.37. The van der Waals surface area contributed by atoms with Crippen LogP contribution in [0.3, 0.4) is 0 Å². The van der Waals surface area contributed by atoms with Gasteiger partial charge in [-0.25, -0.2) is 14.4 Å². The first-order valence-electron chi connectivity index (χ1n) is 7.37. The summed E-state index contributed by atoms with van der Waals surface area (Å²) in [6.07, 6.45) is 4.77. The lowest BCUT2D eigenvalue weighted by molar-refractivity contribution is 0.0718. The number of likely N-dealkylation sites (tertiary alicyclic amines) is 1. The third kappa shape index (κ3) is 3.39. The van der Waals surface area contributed by atoms with Crippen LogP contribution in [0.15, 0.2) is 36.5 Å². The summed E-state index contributed by atoms with van der Waals surface area (Å²) in [5.41, 5.74) is 0.901. The maximum absolute atomic E-state index is 13.2. The molecular formula is C16H17FN4O. The van der Waals surface area contributed by atoms with Crippen LogP contribution in [-0.4, -0.2) is 33.9 Å². The van der Waals surface area contributed by atoms with Crippen molar-refractivity contribution in [2.75, 3.05) is 18.4 Å². The van der Waals surface area contributed by atoms with E-state index in [2.05, 4.69) is 15.3 Å². The molecule has 1 aromatic heterocycles. The molecule has 1 N–H and O–H groups in total. The molecule has 1 fully saturated rings. The molecule has 3 rings (SSSR count). The summed E-state index contributed by atoms with van der Waals surface area (Å²) < 4.78 is 13.2. The third-order valence-corrected chi connectivity index (χ3v) is 3.60. The van der Waals surface area contributed by atoms with Crippen molar-refractivity contribution in [3.63, 3.8) is 0 Å². The van der Waals surface area contributed by atoms with E-state index in [0.717, 1.165) is 25.9 Å². The standard InChI is InChI=1S/C16H17FN4O/c17-12-5-4-6-13(11-12)19-16-18-8-7-14(20-16)15(22)21-9-2-1-3-10-21/h4-8,11H,1-3,9-10H2,(H,18,19,20). The molecule has 22 heavy (non-hydrogen) atoms. The molecule has 0 bridgehead atoms. The molecule has 1 aromatic carbocycles. The van der Waals surface area contributed by atoms with Crippen LogP contribution in [0.1, 0.15) is 29.8 Å². The van der Waals surface area contributed by atoms with Crippen molar-refractivity contribution in [2.45, 2.75) is 19.3 Å². The molecular weight excluding hydrogens is 283 g/mol. The summed E-state index contributed by atoms with van der Waals surface area (Å²) in [5.74, 6) is -0.136. The Morgan fingerprint density at radius 3 is 2.77 bits per heavy atom. The minimum atomic E-state index is -0.342. The summed E-state index contributed by atoms with van der Waals surface area (Å²) in [7, 11) is 0. The average molecular weight is 300 g/mol. The Kier molecular flexibility index (Phi) is 4.27. The lowest BCUT2D eigenvalue weighted by Gasteiger charge is -2.26. The number of hydrogen-bond acceptors (Lipinski definition) is 4. The molecule has 5 nitrogen and oxygen atoms in total. The third-order valence-electron chi connectivity index (χ3n) is 3.60. The molecule has 0 radical (unpaired) electrons. The number of amides is 1. The number of piperidine rings is 1. The van der Waals surface area contributed by atoms with Gasteiger partial charge < -0.3 is 10.2 Å². The molecule has 1 aliphatic heterocycles. The van der Waals surface area contributed by atoms with E-state index in [1.807, 2.05) is 4.90 Å². The van der Waals surface area contributed by atoms with Crippen LogP contribution in [0, 0.1) is 5.82 Å². The van der Waals surface area contributed by atoms with Gasteiger partial charge in [0.1, 0.15) is 11.5 Å². The van der Waals surface area contributed by atoms with Gasteiger partial charge in [-0.3, -0.25) is 4.79 Å². The maximum Gasteiger partial charge on any atom is 0.272 e. The summed E-state index contributed by atoms with van der Waals surface area (Å²) >= 11 is 0. The summed E-state index contributed by atoms with van der Waals surface area (Å²) in [6, 6.07) is 7.63. The highest BCUT2D eigenvalue weighted by Gasteiger charge is 2.19. The molecule has 1 aliphatic rings. The van der Waals surface area contributed by atoms with Gasteiger partial charge in [-0.2, -0.15) is 0 Å². The lowest BCUT2D eigenvalue weighted by Crippen LogP contribution is -2.36. The molecule has 1 amide bonds. The molecule has 1 saturated heterocycles. The quantitative estimate of drug-likeness (QED) is 0.946. The molecule has 0 saturated carbocycles. The number of carbonyl (C=O) groups is 1. The summed E-state index contributed by atoms with van der Waals surface area (Å²) in [6.45, 7) is 1.55. The number of carbonyl (C=O) groups excluding carboxylic acids is 1. The SMILES string of the molecule is O=C(c1ccnc(Nc2cccc(F)c2)n1)N1CCCCC1. The minimum Gasteiger partial charge on any atom is -0.337 e. The smallest absolute Gasteiger partial charge is 0.272 e. The van der Waals surface area contributed by atoms with E-state index in [1.54, 1.807) is 18.2 Å². The Balaban J connectivity index is 1.75. The second kappa shape index (κ2) is 6.51. The molecule has 2 heterocycles. The Bertz CT molecular complexity index is 671. The van der Waals surface area contributed by atoms with Gasteiger partial charge >= 0.3 is 0 Å². The van der Waals surface area contributed by atoms with Crippen molar-refractivity contribution >= 4 is 17.5 Å². The molecule has 0 aliphatic carbocycles. The monoisotopic (exact) mass is 300 g/mol. The fourth-order valence-corrected chi connectivity index (χ4v) is 2.49. The normalized spacial score (nSPS) is 14.7. The van der Waals surface area contributed by atoms with Crippen LogP contribution in [0.4, 0.5) is 16.0 Å². The Morgan fingerprint density at radius 1 is 1.18 bits per heavy atom. The number of halogens is 1. The van der Waals surface area contributed by atoms with Gasteiger partial charge in [0.05, 0.1) is 0 Å². The first kappa shape index (κ1) is 14.4. The largest absolute Gasteiger partial charge is 0.337 e. The molecule has 2 aromatic rings. The van der Waals surface area contributed by atoms with E-state index in [9.17, 15) is 9.18 Å². The van der Waals surface area contributed by atoms with Gasteiger partial charge in [0.15, 0.2) is 0 Å². The van der Waals surface area contributed by atoms with Gasteiger partial charge in [-0.1, -0.05) is 6.07 Å². The number of nitrogens with zero attached hydrogens (tertiary/aromatic N) is 3. The summed E-state index contributed by atoms with van der Waals surface area (Å²) in [5, 5.41) is 2.91. The van der Waals surface area contributed by atoms with Crippen molar-refractivity contribution in [1.82, 2.24) is 14.9 Å². The Labute approximate surface area is 128 Å². The number of nitrogens with one attached hydrogen (secondary N) is 1. The second-order valence-corrected chi connectivity index (χ2v) is 5.25. The van der Waals surface area contributed by atoms with Gasteiger partial charge in [0.25, 0.3) is 5.91 Å². The zero-order chi connectivity index (χ0) is 15.4. The molecule has 0 atom stereocenters. The average Bonchev–Trinajstić information content (AvgIpc) is 2.55. The molecule has 114 valence electrons. The maximum atomic E-state index is 13.2. The van der Waals surface area contributed by atoms with Gasteiger partial charge in [-0.05, 0) is 43.5 Å². The van der Waals surface area contributed by atoms with E-state index < -0.39 is 0 Å². The lowest BCUT2D eigenvalue weighted by atomic mass is 10.1. The first-order chi connectivity index (χ1) is 10.7. The molecule has 0 unspecified atom stereocenters. The van der Waals surface area contributed by atoms with Gasteiger partial charge in [-0.15, -0.1) is 0 Å². The highest BCUT2D eigenvalue weighted by molar-refractivity contribution is 5.92. The van der Waals surface area contributed by atoms with Crippen LogP contribution in [0.25, 0.3) is 0 Å². The van der Waals surface area contributed by atoms with Crippen molar-refractivity contribution in [3.05, 3.63) is 48.0 Å². The number of rotatable bonds is 3. The fourth-order valence-electron chi connectivity index (χ4n) is 2.49. The van der Waals surface area contributed by atoms with Crippen molar-refractivity contribution in [2.24, 2.45) is 0 Å². The van der Waals surface area contributed by atoms with E-state index in [4.69, 9.17) is 0 Å². The predicted octanol–water partition coefficient (Wildman–Crippen LogP) is 2.99. The highest BCUT2D eigenvalue weighted by Crippen LogP contribution is 2.16. The zero-order valence-corrected chi connectivity index (χ0v) is 12.1.